The molecule has 1 fully saturated rings. The average molecular weight is 456 g/mol. The van der Waals surface area contributed by atoms with Gasteiger partial charge < -0.3 is 14.5 Å². The van der Waals surface area contributed by atoms with E-state index >= 15 is 0 Å². The van der Waals surface area contributed by atoms with Crippen LogP contribution in [-0.4, -0.2) is 85.9 Å². The molecule has 178 valence electrons. The van der Waals surface area contributed by atoms with Crippen LogP contribution in [-0.2, 0) is 0 Å². The fourth-order valence-corrected chi connectivity index (χ4v) is 3.99. The van der Waals surface area contributed by atoms with Gasteiger partial charge in [-0.15, -0.1) is 0 Å². The van der Waals surface area contributed by atoms with Gasteiger partial charge in [-0.2, -0.15) is 0 Å². The van der Waals surface area contributed by atoms with Crippen LogP contribution in [0.4, 0.5) is 4.39 Å². The summed E-state index contributed by atoms with van der Waals surface area (Å²) in [6.07, 6.45) is 1.97. The number of ether oxygens (including phenoxy) is 1. The van der Waals surface area contributed by atoms with Crippen molar-refractivity contribution >= 4 is 11.7 Å². The molecular formula is C26H34FN3O3. The first-order valence-electron chi connectivity index (χ1n) is 11.7. The Labute approximate surface area is 195 Å². The summed E-state index contributed by atoms with van der Waals surface area (Å²) in [5.74, 6) is -0.378. The van der Waals surface area contributed by atoms with Crippen LogP contribution in [0.2, 0.25) is 0 Å². The molecule has 0 aromatic heterocycles. The molecule has 0 unspecified atom stereocenters. The summed E-state index contributed by atoms with van der Waals surface area (Å²) in [7, 11) is 2.07. The van der Waals surface area contributed by atoms with Crippen LogP contribution in [0.5, 0.6) is 5.75 Å². The van der Waals surface area contributed by atoms with Gasteiger partial charge in [-0.05, 0) is 50.7 Å². The Balaban J connectivity index is 1.44. The number of piperazine rings is 1. The monoisotopic (exact) mass is 455 g/mol. The normalized spacial score (nSPS) is 14.5. The second-order valence-corrected chi connectivity index (χ2v) is 8.50. The number of benzene rings is 2. The third kappa shape index (κ3) is 7.37. The lowest BCUT2D eigenvalue weighted by molar-refractivity contribution is 0.0624. The van der Waals surface area contributed by atoms with Crippen LogP contribution in [0.25, 0.3) is 0 Å². The summed E-state index contributed by atoms with van der Waals surface area (Å²) in [5, 5.41) is 0. The summed E-state index contributed by atoms with van der Waals surface area (Å²) < 4.78 is 20.2. The number of ketones is 1. The molecule has 0 bridgehead atoms. The first-order chi connectivity index (χ1) is 16.0. The minimum atomic E-state index is -0.557. The Bertz CT molecular complexity index is 914. The number of carbonyl (C=O) groups excluding carboxylic acids is 2. The van der Waals surface area contributed by atoms with Crippen LogP contribution < -0.4 is 4.74 Å². The number of rotatable bonds is 11. The van der Waals surface area contributed by atoms with Crippen LogP contribution in [0.1, 0.15) is 40.5 Å². The SMILES string of the molecule is CCCN(C)CCCOc1ccc(C(=O)CN2CCN(C(=O)c3ccccc3)CC2)c(F)c1. The molecule has 1 saturated heterocycles. The predicted molar refractivity (Wildman–Crippen MR) is 127 cm³/mol. The van der Waals surface area contributed by atoms with E-state index in [1.54, 1.807) is 23.1 Å². The number of halogens is 1. The first-order valence-corrected chi connectivity index (χ1v) is 11.7. The van der Waals surface area contributed by atoms with Crippen molar-refractivity contribution in [2.24, 2.45) is 0 Å². The molecule has 2 aromatic carbocycles. The highest BCUT2D eigenvalue weighted by atomic mass is 19.1. The van der Waals surface area contributed by atoms with E-state index in [-0.39, 0.29) is 23.8 Å². The average Bonchev–Trinajstić information content (AvgIpc) is 2.82. The molecule has 0 N–H and O–H groups in total. The van der Waals surface area contributed by atoms with Crippen molar-refractivity contribution in [2.75, 3.05) is 59.5 Å². The summed E-state index contributed by atoms with van der Waals surface area (Å²) in [6.45, 7) is 7.01. The highest BCUT2D eigenvalue weighted by Crippen LogP contribution is 2.18. The fraction of sp³-hybridized carbons (Fsp3) is 0.462. The molecule has 6 nitrogen and oxygen atoms in total. The van der Waals surface area contributed by atoms with E-state index in [1.807, 2.05) is 23.1 Å². The van der Waals surface area contributed by atoms with Gasteiger partial charge in [0, 0.05) is 44.4 Å². The number of hydrogen-bond donors (Lipinski definition) is 0. The molecule has 0 aliphatic carbocycles. The van der Waals surface area contributed by atoms with Gasteiger partial charge in [-0.25, -0.2) is 4.39 Å². The zero-order chi connectivity index (χ0) is 23.6. The second-order valence-electron chi connectivity index (χ2n) is 8.50. The standard InChI is InChI=1S/C26H34FN3O3/c1-3-12-28(2)13-7-18-33-22-10-11-23(24(27)19-22)25(31)20-29-14-16-30(17-15-29)26(32)21-8-5-4-6-9-21/h4-6,8-11,19H,3,7,12-18,20H2,1-2H3. The Morgan fingerprint density at radius 3 is 2.42 bits per heavy atom. The number of nitrogens with zero attached hydrogens (tertiary/aromatic N) is 3. The Hall–Kier alpha value is -2.77. The molecule has 0 atom stereocenters. The van der Waals surface area contributed by atoms with Crippen LogP contribution in [0.15, 0.2) is 48.5 Å². The van der Waals surface area contributed by atoms with Crippen molar-refractivity contribution in [1.82, 2.24) is 14.7 Å². The van der Waals surface area contributed by atoms with E-state index in [0.717, 1.165) is 25.9 Å². The van der Waals surface area contributed by atoms with E-state index in [1.165, 1.54) is 12.1 Å². The van der Waals surface area contributed by atoms with Crippen molar-refractivity contribution in [2.45, 2.75) is 19.8 Å². The van der Waals surface area contributed by atoms with Crippen molar-refractivity contribution < 1.29 is 18.7 Å². The van der Waals surface area contributed by atoms with Crippen LogP contribution in [0, 0.1) is 5.82 Å². The minimum absolute atomic E-state index is 0.000202. The minimum Gasteiger partial charge on any atom is -0.493 e. The van der Waals surface area contributed by atoms with Gasteiger partial charge >= 0.3 is 0 Å². The maximum absolute atomic E-state index is 14.6. The molecule has 0 saturated carbocycles. The van der Waals surface area contributed by atoms with Crippen LogP contribution >= 0.6 is 0 Å². The lowest BCUT2D eigenvalue weighted by Gasteiger charge is -2.34. The summed E-state index contributed by atoms with van der Waals surface area (Å²) in [6, 6.07) is 13.6. The molecule has 1 aliphatic rings. The van der Waals surface area contributed by atoms with Crippen molar-refractivity contribution in [1.29, 1.82) is 0 Å². The summed E-state index contributed by atoms with van der Waals surface area (Å²) in [5.41, 5.74) is 0.743. The molecule has 3 rings (SSSR count). The van der Waals surface area contributed by atoms with Gasteiger partial charge in [-0.3, -0.25) is 14.5 Å². The number of amides is 1. The number of carbonyl (C=O) groups is 2. The van der Waals surface area contributed by atoms with Crippen LogP contribution in [0.3, 0.4) is 0 Å². The quantitative estimate of drug-likeness (QED) is 0.383. The number of Topliss-reactive ketones (excluding diaryl/α,β-unsaturated/α-hetero) is 1. The maximum Gasteiger partial charge on any atom is 0.253 e. The highest BCUT2D eigenvalue weighted by Gasteiger charge is 2.24. The summed E-state index contributed by atoms with van der Waals surface area (Å²) >= 11 is 0. The molecule has 0 spiro atoms. The predicted octanol–water partition coefficient (Wildman–Crippen LogP) is 3.58. The van der Waals surface area contributed by atoms with Gasteiger partial charge in [0.25, 0.3) is 5.91 Å². The topological polar surface area (TPSA) is 53.1 Å². The van der Waals surface area contributed by atoms with E-state index in [0.29, 0.717) is 44.1 Å². The first kappa shape index (κ1) is 24.9. The Kier molecular flexibility index (Phi) is 9.39. The molecule has 2 aromatic rings. The largest absolute Gasteiger partial charge is 0.493 e. The Morgan fingerprint density at radius 1 is 1.03 bits per heavy atom. The molecule has 1 heterocycles. The summed E-state index contributed by atoms with van der Waals surface area (Å²) in [4.78, 5) is 31.2. The third-order valence-electron chi connectivity index (χ3n) is 5.85. The zero-order valence-corrected chi connectivity index (χ0v) is 19.6. The van der Waals surface area contributed by atoms with Gasteiger partial charge in [0.05, 0.1) is 18.7 Å². The van der Waals surface area contributed by atoms with Crippen molar-refractivity contribution in [3.8, 4) is 5.75 Å². The van der Waals surface area contributed by atoms with Crippen molar-refractivity contribution in [3.63, 3.8) is 0 Å². The lowest BCUT2D eigenvalue weighted by atomic mass is 10.1. The Morgan fingerprint density at radius 2 is 1.76 bits per heavy atom. The lowest BCUT2D eigenvalue weighted by Crippen LogP contribution is -2.49. The number of hydrogen-bond acceptors (Lipinski definition) is 5. The molecular weight excluding hydrogens is 421 g/mol. The molecule has 1 aliphatic heterocycles. The zero-order valence-electron chi connectivity index (χ0n) is 19.6. The third-order valence-corrected chi connectivity index (χ3v) is 5.85. The van der Waals surface area contributed by atoms with Gasteiger partial charge in [0.1, 0.15) is 11.6 Å². The highest BCUT2D eigenvalue weighted by molar-refractivity contribution is 5.98. The molecule has 33 heavy (non-hydrogen) atoms. The molecule has 0 radical (unpaired) electrons. The van der Waals surface area contributed by atoms with E-state index in [2.05, 4.69) is 18.9 Å². The maximum atomic E-state index is 14.6. The van der Waals surface area contributed by atoms with Gasteiger partial charge in [-0.1, -0.05) is 25.1 Å². The van der Waals surface area contributed by atoms with Gasteiger partial charge in [0.15, 0.2) is 5.78 Å². The molecule has 1 amide bonds. The van der Waals surface area contributed by atoms with E-state index in [9.17, 15) is 14.0 Å². The van der Waals surface area contributed by atoms with Crippen molar-refractivity contribution in [3.05, 3.63) is 65.5 Å². The van der Waals surface area contributed by atoms with E-state index < -0.39 is 5.82 Å². The fourth-order valence-electron chi connectivity index (χ4n) is 3.99. The second kappa shape index (κ2) is 12.5. The molecule has 7 heteroatoms. The van der Waals surface area contributed by atoms with E-state index in [4.69, 9.17) is 4.74 Å². The van der Waals surface area contributed by atoms with Gasteiger partial charge in [0.2, 0.25) is 0 Å². The smallest absolute Gasteiger partial charge is 0.253 e.